The first-order valence-corrected chi connectivity index (χ1v) is 14.2. The minimum absolute atomic E-state index is 0.0605. The Morgan fingerprint density at radius 3 is 2.60 bits per heavy atom. The fraction of sp³-hybridized carbons (Fsp3) is 0.355. The van der Waals surface area contributed by atoms with Gasteiger partial charge < -0.3 is 24.8 Å². The molecule has 0 radical (unpaired) electrons. The van der Waals surface area contributed by atoms with Crippen molar-refractivity contribution in [2.75, 3.05) is 38.6 Å². The van der Waals surface area contributed by atoms with Crippen LogP contribution in [0, 0.1) is 18.7 Å². The number of nitrogens with one attached hydrogen (secondary N) is 1. The summed E-state index contributed by atoms with van der Waals surface area (Å²) >= 11 is 6.94. The second-order valence-electron chi connectivity index (χ2n) is 11.8. The summed E-state index contributed by atoms with van der Waals surface area (Å²) in [7, 11) is 4.16. The van der Waals surface area contributed by atoms with Gasteiger partial charge in [-0.05, 0) is 67.9 Å². The summed E-state index contributed by atoms with van der Waals surface area (Å²) < 4.78 is 19.2. The van der Waals surface area contributed by atoms with Gasteiger partial charge in [-0.3, -0.25) is 0 Å². The predicted octanol–water partition coefficient (Wildman–Crippen LogP) is 5.49. The van der Waals surface area contributed by atoms with E-state index in [9.17, 15) is 5.11 Å². The van der Waals surface area contributed by atoms with Gasteiger partial charge in [0, 0.05) is 42.7 Å². The monoisotopic (exact) mass is 556 g/mol. The number of hydrogen-bond donors (Lipinski definition) is 2. The Hall–Kier alpha value is -3.46. The van der Waals surface area contributed by atoms with E-state index < -0.39 is 5.82 Å². The smallest absolute Gasteiger partial charge is 0.158 e. The minimum atomic E-state index is -0.480. The molecule has 3 aromatic carbocycles. The van der Waals surface area contributed by atoms with E-state index >= 15 is 4.39 Å². The molecule has 4 aliphatic rings. The van der Waals surface area contributed by atoms with Gasteiger partial charge in [0.15, 0.2) is 11.6 Å². The molecule has 40 heavy (non-hydrogen) atoms. The highest BCUT2D eigenvalue weighted by Crippen LogP contribution is 2.49. The summed E-state index contributed by atoms with van der Waals surface area (Å²) in [6.45, 7) is 4.64. The lowest BCUT2D eigenvalue weighted by atomic mass is 9.79. The molecule has 0 spiro atoms. The standard InChI is InChI=1S/C31H30ClFN6O/c1-15-35-28-30(39(15)29-17-9-24(29)34-12-17)22-11-23(32)25(21-10-19(40)8-16-6-4-5-7-20(16)21)26(33)27(22)36-31(28)38-13-18(14-38)37(2)3/h4-8,10-11,17-18,24,29,34,40H,9,12-14H2,1-3H3. The third-order valence-corrected chi connectivity index (χ3v) is 9.66. The fourth-order valence-corrected chi connectivity index (χ4v) is 7.44. The first-order valence-electron chi connectivity index (χ1n) is 13.9. The van der Waals surface area contributed by atoms with Crippen molar-refractivity contribution in [3.63, 3.8) is 0 Å². The van der Waals surface area contributed by atoms with E-state index in [0.717, 1.165) is 59.5 Å². The van der Waals surface area contributed by atoms with E-state index in [2.05, 4.69) is 33.8 Å². The minimum Gasteiger partial charge on any atom is -0.508 e. The summed E-state index contributed by atoms with van der Waals surface area (Å²) in [6, 6.07) is 13.8. The molecule has 204 valence electrons. The number of phenolic OH excluding ortho intramolecular Hbond substituents is 1. The summed E-state index contributed by atoms with van der Waals surface area (Å²) in [5.74, 6) is 1.75. The highest BCUT2D eigenvalue weighted by Gasteiger charge is 2.49. The molecule has 5 aromatic rings. The first kappa shape index (κ1) is 24.3. The van der Waals surface area contributed by atoms with Crippen LogP contribution in [0.3, 0.4) is 0 Å². The Kier molecular flexibility index (Phi) is 5.19. The Labute approximate surface area is 236 Å². The molecule has 9 rings (SSSR count). The SMILES string of the molecule is Cc1nc2c(N3CC(N(C)C)C3)nc3c(F)c(-c4cc(O)cc5ccccc45)c(Cl)cc3c2n1C1C2CNC1C2. The Bertz CT molecular complexity index is 1850. The molecule has 3 saturated heterocycles. The normalized spacial score (nSPS) is 22.6. The van der Waals surface area contributed by atoms with Crippen LogP contribution >= 0.6 is 11.6 Å². The molecule has 2 aromatic heterocycles. The third-order valence-electron chi connectivity index (χ3n) is 9.36. The molecule has 3 unspecified atom stereocenters. The molecule has 1 saturated carbocycles. The molecule has 3 aliphatic heterocycles. The number of aryl methyl sites for hydroxylation is 1. The van der Waals surface area contributed by atoms with Crippen LogP contribution < -0.4 is 10.2 Å². The van der Waals surface area contributed by atoms with E-state index in [-0.39, 0.29) is 27.9 Å². The molecule has 2 N–H and O–H groups in total. The first-order chi connectivity index (χ1) is 19.3. The highest BCUT2D eigenvalue weighted by atomic mass is 35.5. The van der Waals surface area contributed by atoms with Crippen molar-refractivity contribution in [1.82, 2.24) is 24.8 Å². The highest BCUT2D eigenvalue weighted by molar-refractivity contribution is 6.35. The number of nitrogens with zero attached hydrogens (tertiary/aromatic N) is 5. The van der Waals surface area contributed by atoms with Crippen molar-refractivity contribution in [2.45, 2.75) is 31.5 Å². The molecule has 2 bridgehead atoms. The lowest BCUT2D eigenvalue weighted by Crippen LogP contribution is -2.57. The van der Waals surface area contributed by atoms with Gasteiger partial charge in [-0.15, -0.1) is 0 Å². The second-order valence-corrected chi connectivity index (χ2v) is 12.3. The number of aromatic hydroxyl groups is 1. The number of halogens is 2. The quantitative estimate of drug-likeness (QED) is 0.305. The van der Waals surface area contributed by atoms with Gasteiger partial charge in [0.2, 0.25) is 0 Å². The topological polar surface area (TPSA) is 69.5 Å². The number of aromatic nitrogens is 3. The zero-order chi connectivity index (χ0) is 27.4. The maximum Gasteiger partial charge on any atom is 0.158 e. The molecule has 3 atom stereocenters. The lowest BCUT2D eigenvalue weighted by molar-refractivity contribution is 0.222. The number of rotatable bonds is 4. The molecule has 5 heterocycles. The maximum absolute atomic E-state index is 16.9. The van der Waals surface area contributed by atoms with Crippen molar-refractivity contribution in [3.8, 4) is 16.9 Å². The van der Waals surface area contributed by atoms with Crippen LogP contribution in [0.15, 0.2) is 42.5 Å². The van der Waals surface area contributed by atoms with E-state index in [1.165, 1.54) is 0 Å². The molecule has 7 nitrogen and oxygen atoms in total. The van der Waals surface area contributed by atoms with Crippen LogP contribution in [0.2, 0.25) is 5.02 Å². The van der Waals surface area contributed by atoms with Crippen molar-refractivity contribution in [1.29, 1.82) is 0 Å². The summed E-state index contributed by atoms with van der Waals surface area (Å²) in [6.07, 6.45) is 1.15. The number of benzene rings is 3. The van der Waals surface area contributed by atoms with Crippen LogP contribution in [0.5, 0.6) is 5.75 Å². The number of pyridine rings is 1. The molecular formula is C31H30ClFN6O. The third kappa shape index (κ3) is 3.30. The Morgan fingerprint density at radius 2 is 1.88 bits per heavy atom. The average Bonchev–Trinajstić information content (AvgIpc) is 3.60. The molecule has 1 aliphatic carbocycles. The number of likely N-dealkylation sites (N-methyl/N-ethyl adjacent to an activating group) is 1. The van der Waals surface area contributed by atoms with Crippen molar-refractivity contribution < 1.29 is 9.50 Å². The molecular weight excluding hydrogens is 527 g/mol. The Morgan fingerprint density at radius 1 is 1.07 bits per heavy atom. The van der Waals surface area contributed by atoms with Crippen LogP contribution in [-0.4, -0.2) is 70.4 Å². The Balaban J connectivity index is 1.42. The average molecular weight is 557 g/mol. The number of anilines is 1. The number of imidazole rings is 1. The fourth-order valence-electron chi connectivity index (χ4n) is 7.14. The molecule has 0 amide bonds. The number of fused-ring (bicyclic) bond motifs is 5. The molecule has 4 fully saturated rings. The second kappa shape index (κ2) is 8.52. The number of hydrogen-bond acceptors (Lipinski definition) is 6. The summed E-state index contributed by atoms with van der Waals surface area (Å²) in [5.41, 5.74) is 2.79. The largest absolute Gasteiger partial charge is 0.508 e. The molecule has 9 heteroatoms. The van der Waals surface area contributed by atoms with Crippen molar-refractivity contribution >= 4 is 50.1 Å². The summed E-state index contributed by atoms with van der Waals surface area (Å²) in [4.78, 5) is 14.4. The van der Waals surface area contributed by atoms with E-state index in [4.69, 9.17) is 21.6 Å². The van der Waals surface area contributed by atoms with Gasteiger partial charge in [0.25, 0.3) is 0 Å². The van der Waals surface area contributed by atoms with Crippen LogP contribution in [-0.2, 0) is 0 Å². The maximum atomic E-state index is 16.9. The zero-order valence-corrected chi connectivity index (χ0v) is 23.4. The summed E-state index contributed by atoms with van der Waals surface area (Å²) in [5, 5.41) is 16.7. The van der Waals surface area contributed by atoms with E-state index in [1.807, 2.05) is 37.3 Å². The van der Waals surface area contributed by atoms with Gasteiger partial charge in [-0.2, -0.15) is 0 Å². The predicted molar refractivity (Wildman–Crippen MR) is 158 cm³/mol. The zero-order valence-electron chi connectivity index (χ0n) is 22.6. The number of phenols is 1. The van der Waals surface area contributed by atoms with E-state index in [0.29, 0.717) is 29.0 Å². The van der Waals surface area contributed by atoms with Crippen LogP contribution in [0.4, 0.5) is 10.2 Å². The van der Waals surface area contributed by atoms with Gasteiger partial charge >= 0.3 is 0 Å². The van der Waals surface area contributed by atoms with Crippen LogP contribution in [0.25, 0.3) is 43.8 Å². The van der Waals surface area contributed by atoms with Gasteiger partial charge in [-0.25, -0.2) is 14.4 Å². The van der Waals surface area contributed by atoms with Gasteiger partial charge in [-0.1, -0.05) is 35.9 Å². The lowest BCUT2D eigenvalue weighted by Gasteiger charge is -2.43. The van der Waals surface area contributed by atoms with Crippen LogP contribution in [0.1, 0.15) is 18.3 Å². The van der Waals surface area contributed by atoms with Crippen molar-refractivity contribution in [2.24, 2.45) is 5.92 Å². The van der Waals surface area contributed by atoms with Gasteiger partial charge in [0.1, 0.15) is 22.6 Å². The van der Waals surface area contributed by atoms with Crippen molar-refractivity contribution in [3.05, 3.63) is 59.1 Å². The van der Waals surface area contributed by atoms with Gasteiger partial charge in [0.05, 0.1) is 16.6 Å². The van der Waals surface area contributed by atoms with E-state index in [1.54, 1.807) is 12.1 Å².